The summed E-state index contributed by atoms with van der Waals surface area (Å²) >= 11 is 0. The van der Waals surface area contributed by atoms with Gasteiger partial charge in [0.1, 0.15) is 0 Å². The molecule has 0 radical (unpaired) electrons. The Bertz CT molecular complexity index is 113. The number of aliphatic hydroxyl groups is 1. The minimum absolute atomic E-state index is 0.166. The van der Waals surface area contributed by atoms with E-state index in [1.54, 1.807) is 0 Å². The molecule has 80 valence electrons. The molecule has 0 rings (SSSR count). The van der Waals surface area contributed by atoms with Gasteiger partial charge in [0, 0.05) is 6.54 Å². The van der Waals surface area contributed by atoms with Crippen LogP contribution in [0, 0.1) is 11.8 Å². The first-order valence-corrected chi connectivity index (χ1v) is 5.41. The van der Waals surface area contributed by atoms with Gasteiger partial charge in [0.15, 0.2) is 0 Å². The van der Waals surface area contributed by atoms with Gasteiger partial charge in [-0.2, -0.15) is 0 Å². The van der Waals surface area contributed by atoms with Crippen LogP contribution >= 0.6 is 0 Å². The predicted octanol–water partition coefficient (Wildman–Crippen LogP) is 2.03. The summed E-state index contributed by atoms with van der Waals surface area (Å²) in [5.41, 5.74) is 0. The van der Waals surface area contributed by atoms with E-state index in [0.29, 0.717) is 11.8 Å². The van der Waals surface area contributed by atoms with E-state index in [2.05, 4.69) is 33.0 Å². The average Bonchev–Trinajstić information content (AvgIpc) is 2.00. The summed E-state index contributed by atoms with van der Waals surface area (Å²) in [4.78, 5) is 0. The summed E-state index contributed by atoms with van der Waals surface area (Å²) in [7, 11) is 0. The summed E-state index contributed by atoms with van der Waals surface area (Å²) in [6.07, 6.45) is 1.87. The van der Waals surface area contributed by atoms with Gasteiger partial charge in [-0.05, 0) is 31.2 Å². The first-order valence-electron chi connectivity index (χ1n) is 5.41. The van der Waals surface area contributed by atoms with E-state index in [1.165, 1.54) is 0 Å². The van der Waals surface area contributed by atoms with Crippen LogP contribution in [0.5, 0.6) is 0 Å². The lowest BCUT2D eigenvalue weighted by atomic mass is 10.0. The smallest absolute Gasteiger partial charge is 0.0664 e. The zero-order valence-corrected chi connectivity index (χ0v) is 9.51. The molecule has 0 unspecified atom stereocenters. The Labute approximate surface area is 82.7 Å². The number of rotatable bonds is 7. The quantitative estimate of drug-likeness (QED) is 0.639. The topological polar surface area (TPSA) is 32.3 Å². The van der Waals surface area contributed by atoms with Gasteiger partial charge in [0.2, 0.25) is 0 Å². The molecule has 0 saturated carbocycles. The number of nitrogens with one attached hydrogen (secondary N) is 1. The number of hydrogen-bond acceptors (Lipinski definition) is 2. The molecule has 0 bridgehead atoms. The zero-order valence-electron chi connectivity index (χ0n) is 9.51. The molecule has 0 aromatic heterocycles. The Balaban J connectivity index is 3.25. The normalized spacial score (nSPS) is 14.1. The van der Waals surface area contributed by atoms with Crippen molar-refractivity contribution in [1.82, 2.24) is 5.32 Å². The Morgan fingerprint density at radius 2 is 1.54 bits per heavy atom. The molecule has 13 heavy (non-hydrogen) atoms. The van der Waals surface area contributed by atoms with Crippen LogP contribution in [0.2, 0.25) is 0 Å². The van der Waals surface area contributed by atoms with Crippen LogP contribution in [0.4, 0.5) is 0 Å². The molecule has 0 aromatic carbocycles. The van der Waals surface area contributed by atoms with Gasteiger partial charge < -0.3 is 10.4 Å². The number of aliphatic hydroxyl groups excluding tert-OH is 1. The molecule has 0 heterocycles. The Morgan fingerprint density at radius 1 is 0.923 bits per heavy atom. The second-order valence-corrected chi connectivity index (χ2v) is 4.68. The fourth-order valence-electron chi connectivity index (χ4n) is 1.17. The maximum absolute atomic E-state index is 9.55. The molecule has 0 aliphatic carbocycles. The zero-order chi connectivity index (χ0) is 10.3. The largest absolute Gasteiger partial charge is 0.392 e. The molecule has 0 amide bonds. The standard InChI is InChI=1S/C11H25NO/c1-9(2)5-6-11(13)8-12-7-10(3)4/h9-13H,5-8H2,1-4H3/t11-/m0/s1. The molecule has 0 aliphatic heterocycles. The maximum Gasteiger partial charge on any atom is 0.0664 e. The van der Waals surface area contributed by atoms with Crippen LogP contribution in [0.15, 0.2) is 0 Å². The molecule has 2 nitrogen and oxygen atoms in total. The highest BCUT2D eigenvalue weighted by Gasteiger charge is 2.04. The van der Waals surface area contributed by atoms with E-state index < -0.39 is 0 Å². The SMILES string of the molecule is CC(C)CC[C@H](O)CNCC(C)C. The highest BCUT2D eigenvalue weighted by molar-refractivity contribution is 4.61. The van der Waals surface area contributed by atoms with Crippen molar-refractivity contribution in [3.63, 3.8) is 0 Å². The first kappa shape index (κ1) is 12.9. The summed E-state index contributed by atoms with van der Waals surface area (Å²) in [6, 6.07) is 0. The molecule has 2 N–H and O–H groups in total. The van der Waals surface area contributed by atoms with Crippen LogP contribution in [0.3, 0.4) is 0 Å². The van der Waals surface area contributed by atoms with E-state index in [0.717, 1.165) is 25.9 Å². The second-order valence-electron chi connectivity index (χ2n) is 4.68. The molecular formula is C11H25NO. The van der Waals surface area contributed by atoms with Crippen molar-refractivity contribution in [3.8, 4) is 0 Å². The van der Waals surface area contributed by atoms with Crippen molar-refractivity contribution in [3.05, 3.63) is 0 Å². The summed E-state index contributed by atoms with van der Waals surface area (Å²) in [5, 5.41) is 12.8. The van der Waals surface area contributed by atoms with Gasteiger partial charge in [-0.25, -0.2) is 0 Å². The van der Waals surface area contributed by atoms with Crippen LogP contribution in [-0.4, -0.2) is 24.3 Å². The third-order valence-electron chi connectivity index (χ3n) is 2.01. The van der Waals surface area contributed by atoms with E-state index in [9.17, 15) is 5.11 Å². The molecule has 0 saturated heterocycles. The monoisotopic (exact) mass is 187 g/mol. The van der Waals surface area contributed by atoms with Crippen LogP contribution in [-0.2, 0) is 0 Å². The van der Waals surface area contributed by atoms with E-state index >= 15 is 0 Å². The van der Waals surface area contributed by atoms with Gasteiger partial charge in [0.25, 0.3) is 0 Å². The van der Waals surface area contributed by atoms with Crippen molar-refractivity contribution < 1.29 is 5.11 Å². The fourth-order valence-corrected chi connectivity index (χ4v) is 1.17. The van der Waals surface area contributed by atoms with Crippen molar-refractivity contribution in [2.24, 2.45) is 11.8 Å². The molecule has 0 fully saturated rings. The molecule has 0 aliphatic rings. The van der Waals surface area contributed by atoms with Gasteiger partial charge in [-0.1, -0.05) is 27.7 Å². The molecule has 0 spiro atoms. The molecule has 2 heteroatoms. The third kappa shape index (κ3) is 9.84. The fraction of sp³-hybridized carbons (Fsp3) is 1.00. The highest BCUT2D eigenvalue weighted by Crippen LogP contribution is 2.05. The summed E-state index contributed by atoms with van der Waals surface area (Å²) < 4.78 is 0. The van der Waals surface area contributed by atoms with Crippen molar-refractivity contribution in [2.75, 3.05) is 13.1 Å². The maximum atomic E-state index is 9.55. The molecule has 1 atom stereocenters. The minimum atomic E-state index is -0.166. The number of hydrogen-bond donors (Lipinski definition) is 2. The van der Waals surface area contributed by atoms with Crippen molar-refractivity contribution in [1.29, 1.82) is 0 Å². The highest BCUT2D eigenvalue weighted by atomic mass is 16.3. The van der Waals surface area contributed by atoms with Gasteiger partial charge in [-0.3, -0.25) is 0 Å². The van der Waals surface area contributed by atoms with Gasteiger partial charge >= 0.3 is 0 Å². The van der Waals surface area contributed by atoms with Crippen molar-refractivity contribution in [2.45, 2.75) is 46.6 Å². The minimum Gasteiger partial charge on any atom is -0.392 e. The van der Waals surface area contributed by atoms with Crippen molar-refractivity contribution >= 4 is 0 Å². The van der Waals surface area contributed by atoms with Gasteiger partial charge in [0.05, 0.1) is 6.10 Å². The van der Waals surface area contributed by atoms with Crippen LogP contribution in [0.1, 0.15) is 40.5 Å². The second kappa shape index (κ2) is 7.34. The lowest BCUT2D eigenvalue weighted by Crippen LogP contribution is -2.29. The molecule has 0 aromatic rings. The first-order chi connectivity index (χ1) is 6.02. The lowest BCUT2D eigenvalue weighted by molar-refractivity contribution is 0.153. The van der Waals surface area contributed by atoms with Crippen LogP contribution in [0.25, 0.3) is 0 Å². The summed E-state index contributed by atoms with van der Waals surface area (Å²) in [6.45, 7) is 10.5. The van der Waals surface area contributed by atoms with E-state index in [4.69, 9.17) is 0 Å². The van der Waals surface area contributed by atoms with Gasteiger partial charge in [-0.15, -0.1) is 0 Å². The third-order valence-corrected chi connectivity index (χ3v) is 2.01. The van der Waals surface area contributed by atoms with E-state index in [-0.39, 0.29) is 6.10 Å². The lowest BCUT2D eigenvalue weighted by Gasteiger charge is -2.14. The van der Waals surface area contributed by atoms with Crippen LogP contribution < -0.4 is 5.32 Å². The predicted molar refractivity (Wildman–Crippen MR) is 57.8 cm³/mol. The Hall–Kier alpha value is -0.0800. The van der Waals surface area contributed by atoms with E-state index in [1.807, 2.05) is 0 Å². The Morgan fingerprint density at radius 3 is 2.00 bits per heavy atom. The average molecular weight is 187 g/mol. The Kier molecular flexibility index (Phi) is 7.29. The summed E-state index contributed by atoms with van der Waals surface area (Å²) in [5.74, 6) is 1.36. The molecular weight excluding hydrogens is 162 g/mol.